The Balaban J connectivity index is 0.00000225. The molecule has 1 saturated carbocycles. The zero-order valence-corrected chi connectivity index (χ0v) is 17.0. The van der Waals surface area contributed by atoms with Crippen molar-refractivity contribution >= 4 is 29.0 Å². The number of aryl methyl sites for hydroxylation is 1. The van der Waals surface area contributed by atoms with Crippen molar-refractivity contribution in [3.63, 3.8) is 0 Å². The van der Waals surface area contributed by atoms with Crippen LogP contribution in [0.4, 0.5) is 10.1 Å². The zero-order chi connectivity index (χ0) is 19.5. The monoisotopic (exact) mass is 411 g/mol. The second kappa shape index (κ2) is 7.40. The lowest BCUT2D eigenvalue weighted by Crippen LogP contribution is -2.45. The SMILES string of the molecule is Cc1c(N2CCCC(C(C)N)C2)c(F)cc2c(=O)n(N)c(=O)n(C3CC3)c12.Cl. The molecule has 0 amide bonds. The van der Waals surface area contributed by atoms with Gasteiger partial charge in [-0.15, -0.1) is 12.4 Å². The van der Waals surface area contributed by atoms with Crippen LogP contribution in [-0.2, 0) is 0 Å². The van der Waals surface area contributed by atoms with Crippen LogP contribution in [0.3, 0.4) is 0 Å². The molecular weight excluding hydrogens is 385 g/mol. The van der Waals surface area contributed by atoms with E-state index in [0.29, 0.717) is 28.0 Å². The van der Waals surface area contributed by atoms with Gasteiger partial charge in [0.15, 0.2) is 0 Å². The maximum Gasteiger partial charge on any atom is 0.350 e. The molecule has 4 N–H and O–H groups in total. The minimum absolute atomic E-state index is 0. The molecule has 28 heavy (non-hydrogen) atoms. The van der Waals surface area contributed by atoms with Crippen molar-refractivity contribution in [3.8, 4) is 0 Å². The van der Waals surface area contributed by atoms with Gasteiger partial charge in [-0.05, 0) is 51.5 Å². The van der Waals surface area contributed by atoms with Crippen LogP contribution in [0.15, 0.2) is 15.7 Å². The van der Waals surface area contributed by atoms with Gasteiger partial charge < -0.3 is 16.5 Å². The average Bonchev–Trinajstić information content (AvgIpc) is 3.46. The first-order chi connectivity index (χ1) is 12.8. The Hall–Kier alpha value is -2.06. The maximum atomic E-state index is 15.1. The molecule has 1 aromatic carbocycles. The number of nitrogen functional groups attached to an aromatic ring is 1. The third-order valence-electron chi connectivity index (χ3n) is 5.99. The highest BCUT2D eigenvalue weighted by atomic mass is 35.5. The third-order valence-corrected chi connectivity index (χ3v) is 5.99. The number of fused-ring (bicyclic) bond motifs is 1. The summed E-state index contributed by atoms with van der Waals surface area (Å²) in [6.07, 6.45) is 3.67. The molecule has 2 heterocycles. The number of nitrogens with two attached hydrogens (primary N) is 2. The molecule has 154 valence electrons. The van der Waals surface area contributed by atoms with Gasteiger partial charge in [0.2, 0.25) is 0 Å². The van der Waals surface area contributed by atoms with E-state index in [1.807, 2.05) is 11.8 Å². The van der Waals surface area contributed by atoms with Gasteiger partial charge in [-0.2, -0.15) is 4.68 Å². The largest absolute Gasteiger partial charge is 0.369 e. The molecule has 1 aromatic heterocycles. The predicted molar refractivity (Wildman–Crippen MR) is 111 cm³/mol. The number of rotatable bonds is 3. The topological polar surface area (TPSA) is 99.3 Å². The van der Waals surface area contributed by atoms with Crippen LogP contribution in [-0.4, -0.2) is 28.4 Å². The lowest BCUT2D eigenvalue weighted by molar-refractivity contribution is 0.362. The smallest absolute Gasteiger partial charge is 0.350 e. The van der Waals surface area contributed by atoms with Crippen LogP contribution < -0.4 is 27.7 Å². The number of anilines is 1. The summed E-state index contributed by atoms with van der Waals surface area (Å²) in [7, 11) is 0. The van der Waals surface area contributed by atoms with Gasteiger partial charge in [0.1, 0.15) is 5.82 Å². The summed E-state index contributed by atoms with van der Waals surface area (Å²) in [6.45, 7) is 5.16. The Kier molecular flexibility index (Phi) is 5.46. The van der Waals surface area contributed by atoms with Crippen molar-refractivity contribution in [2.45, 2.75) is 51.6 Å². The summed E-state index contributed by atoms with van der Waals surface area (Å²) in [6, 6.07) is 1.29. The van der Waals surface area contributed by atoms with Crippen LogP contribution in [0.2, 0.25) is 0 Å². The molecule has 2 fully saturated rings. The molecule has 7 nitrogen and oxygen atoms in total. The van der Waals surface area contributed by atoms with E-state index in [1.54, 1.807) is 11.5 Å². The standard InChI is InChI=1S/C19H26FN5O2.ClH/c1-10-16-14(18(26)25(22)19(27)24(16)13-5-6-13)8-15(20)17(10)23-7-3-4-12(9-23)11(2)21;/h8,11-13H,3-7,9,21-22H2,1-2H3;1H. The van der Waals surface area contributed by atoms with Gasteiger partial charge >= 0.3 is 5.69 Å². The number of aromatic nitrogens is 2. The lowest BCUT2D eigenvalue weighted by atomic mass is 9.91. The molecule has 1 aliphatic carbocycles. The summed E-state index contributed by atoms with van der Waals surface area (Å²) in [5.74, 6) is 5.50. The van der Waals surface area contributed by atoms with Crippen LogP contribution in [0.5, 0.6) is 0 Å². The Morgan fingerprint density at radius 3 is 2.54 bits per heavy atom. The molecule has 1 aliphatic heterocycles. The Morgan fingerprint density at radius 1 is 1.25 bits per heavy atom. The van der Waals surface area contributed by atoms with E-state index in [1.165, 1.54) is 6.07 Å². The summed E-state index contributed by atoms with van der Waals surface area (Å²) < 4.78 is 17.3. The average molecular weight is 412 g/mol. The number of hydrogen-bond donors (Lipinski definition) is 2. The van der Waals surface area contributed by atoms with E-state index in [-0.39, 0.29) is 35.8 Å². The van der Waals surface area contributed by atoms with Crippen molar-refractivity contribution in [1.82, 2.24) is 9.24 Å². The lowest BCUT2D eigenvalue weighted by Gasteiger charge is -2.37. The predicted octanol–water partition coefficient (Wildman–Crippen LogP) is 1.64. The van der Waals surface area contributed by atoms with E-state index in [9.17, 15) is 9.59 Å². The van der Waals surface area contributed by atoms with E-state index in [2.05, 4.69) is 0 Å². The fraction of sp³-hybridized carbons (Fsp3) is 0.579. The van der Waals surface area contributed by atoms with Crippen molar-refractivity contribution < 1.29 is 4.39 Å². The number of hydrogen-bond acceptors (Lipinski definition) is 5. The number of piperidine rings is 1. The first-order valence-electron chi connectivity index (χ1n) is 9.57. The Morgan fingerprint density at radius 2 is 1.93 bits per heavy atom. The second-order valence-corrected chi connectivity index (χ2v) is 7.99. The number of nitrogens with zero attached hydrogens (tertiary/aromatic N) is 3. The highest BCUT2D eigenvalue weighted by molar-refractivity contribution is 5.87. The quantitative estimate of drug-likeness (QED) is 0.748. The van der Waals surface area contributed by atoms with Crippen molar-refractivity contribution in [2.75, 3.05) is 23.8 Å². The summed E-state index contributed by atoms with van der Waals surface area (Å²) in [5, 5.41) is 0.156. The highest BCUT2D eigenvalue weighted by Gasteiger charge is 2.32. The molecule has 9 heteroatoms. The van der Waals surface area contributed by atoms with E-state index >= 15 is 4.39 Å². The fourth-order valence-corrected chi connectivity index (χ4v) is 4.36. The second-order valence-electron chi connectivity index (χ2n) is 7.99. The first kappa shape index (κ1) is 20.7. The van der Waals surface area contributed by atoms with Crippen LogP contribution in [0.25, 0.3) is 10.9 Å². The van der Waals surface area contributed by atoms with E-state index in [4.69, 9.17) is 11.6 Å². The minimum atomic E-state index is -0.660. The van der Waals surface area contributed by atoms with Crippen LogP contribution >= 0.6 is 12.4 Å². The van der Waals surface area contributed by atoms with Crippen LogP contribution in [0, 0.1) is 18.7 Å². The van der Waals surface area contributed by atoms with Gasteiger partial charge in [-0.3, -0.25) is 9.36 Å². The van der Waals surface area contributed by atoms with Gasteiger partial charge in [-0.1, -0.05) is 0 Å². The van der Waals surface area contributed by atoms with Gasteiger partial charge in [-0.25, -0.2) is 9.18 Å². The normalized spacial score (nSPS) is 20.9. The fourth-order valence-electron chi connectivity index (χ4n) is 4.36. The maximum absolute atomic E-state index is 15.1. The molecule has 0 bridgehead atoms. The van der Waals surface area contributed by atoms with Crippen molar-refractivity contribution in [1.29, 1.82) is 0 Å². The molecule has 0 radical (unpaired) electrons. The Bertz CT molecular complexity index is 1030. The van der Waals surface area contributed by atoms with Crippen LogP contribution in [0.1, 0.15) is 44.2 Å². The zero-order valence-electron chi connectivity index (χ0n) is 16.2. The number of benzene rings is 1. The van der Waals surface area contributed by atoms with E-state index < -0.39 is 17.1 Å². The van der Waals surface area contributed by atoms with E-state index in [0.717, 1.165) is 32.2 Å². The molecule has 0 spiro atoms. The van der Waals surface area contributed by atoms with Gasteiger partial charge in [0.05, 0.1) is 16.6 Å². The first-order valence-corrected chi connectivity index (χ1v) is 9.57. The van der Waals surface area contributed by atoms with Crippen molar-refractivity contribution in [3.05, 3.63) is 38.3 Å². The highest BCUT2D eigenvalue weighted by Crippen LogP contribution is 2.39. The van der Waals surface area contributed by atoms with Crippen molar-refractivity contribution in [2.24, 2.45) is 11.7 Å². The number of halogens is 2. The molecular formula is C19H27ClFN5O2. The summed E-state index contributed by atoms with van der Waals surface area (Å²) in [5.41, 5.74) is 6.48. The summed E-state index contributed by atoms with van der Waals surface area (Å²) >= 11 is 0. The minimum Gasteiger partial charge on any atom is -0.369 e. The molecule has 1 saturated heterocycles. The molecule has 4 rings (SSSR count). The third kappa shape index (κ3) is 3.18. The molecule has 2 aromatic rings. The molecule has 2 atom stereocenters. The van der Waals surface area contributed by atoms with Gasteiger partial charge in [0, 0.05) is 30.7 Å². The van der Waals surface area contributed by atoms with Gasteiger partial charge in [0.25, 0.3) is 5.56 Å². The molecule has 2 aliphatic rings. The Labute approximate surface area is 168 Å². The molecule has 2 unspecified atom stereocenters. The summed E-state index contributed by atoms with van der Waals surface area (Å²) in [4.78, 5) is 27.1.